The van der Waals surface area contributed by atoms with Crippen molar-refractivity contribution >= 4 is 22.8 Å². The van der Waals surface area contributed by atoms with Gasteiger partial charge in [0, 0.05) is 34.1 Å². The maximum Gasteiger partial charge on any atom is 0.325 e. The molecule has 0 unspecified atom stereocenters. The van der Waals surface area contributed by atoms with E-state index in [-0.39, 0.29) is 17.9 Å². The highest BCUT2D eigenvalue weighted by molar-refractivity contribution is 7.85. The van der Waals surface area contributed by atoms with Crippen LogP contribution in [0.2, 0.25) is 0 Å². The molecule has 1 rings (SSSR count). The molecule has 9 heteroatoms. The fourth-order valence-electron chi connectivity index (χ4n) is 1.97. The molecule has 134 valence electrons. The van der Waals surface area contributed by atoms with Crippen LogP contribution in [0.1, 0.15) is 31.0 Å². The molecule has 8 nitrogen and oxygen atoms in total. The number of nitrogens with one attached hydrogen (secondary N) is 3. The molecule has 2 atom stereocenters. The first-order valence-electron chi connectivity index (χ1n) is 7.65. The van der Waals surface area contributed by atoms with Crippen LogP contribution in [0.15, 0.2) is 15.7 Å². The molecule has 24 heavy (non-hydrogen) atoms. The Bertz CT molecular complexity index is 723. The molecule has 0 spiro atoms. The lowest BCUT2D eigenvalue weighted by atomic mass is 10.2. The number of H-pyrrole nitrogens is 2. The lowest BCUT2D eigenvalue weighted by Crippen LogP contribution is -2.40. The van der Waals surface area contributed by atoms with E-state index in [1.54, 1.807) is 6.92 Å². The molecule has 0 radical (unpaired) electrons. The Morgan fingerprint density at radius 2 is 2.08 bits per heavy atom. The van der Waals surface area contributed by atoms with Gasteiger partial charge in [0.1, 0.15) is 0 Å². The van der Waals surface area contributed by atoms with Crippen LogP contribution in [0.5, 0.6) is 0 Å². The zero-order valence-electron chi connectivity index (χ0n) is 13.8. The van der Waals surface area contributed by atoms with Gasteiger partial charge in [-0.3, -0.25) is 18.8 Å². The lowest BCUT2D eigenvalue weighted by molar-refractivity contribution is -0.117. The smallest absolute Gasteiger partial charge is 0.325 e. The summed E-state index contributed by atoms with van der Waals surface area (Å²) in [5.74, 6) is 0.186. The monoisotopic (exact) mass is 357 g/mol. The number of aliphatic hydroxyl groups is 1. The molecular weight excluding hydrogens is 334 g/mol. The van der Waals surface area contributed by atoms with Crippen LogP contribution in [0.25, 0.3) is 6.08 Å². The molecule has 1 aromatic heterocycles. The van der Waals surface area contributed by atoms with Gasteiger partial charge in [-0.05, 0) is 19.4 Å². The van der Waals surface area contributed by atoms with Gasteiger partial charge in [0.2, 0.25) is 5.91 Å². The van der Waals surface area contributed by atoms with Gasteiger partial charge in [0.15, 0.2) is 0 Å². The maximum absolute atomic E-state index is 11.9. The summed E-state index contributed by atoms with van der Waals surface area (Å²) in [4.78, 5) is 39.1. The number of aryl methyl sites for hydroxylation is 1. The van der Waals surface area contributed by atoms with Crippen molar-refractivity contribution in [2.45, 2.75) is 32.7 Å². The normalized spacial score (nSPS) is 13.8. The lowest BCUT2D eigenvalue weighted by Gasteiger charge is -2.14. The van der Waals surface area contributed by atoms with Gasteiger partial charge in [-0.1, -0.05) is 13.3 Å². The second-order valence-electron chi connectivity index (χ2n) is 5.33. The van der Waals surface area contributed by atoms with E-state index in [9.17, 15) is 23.7 Å². The summed E-state index contributed by atoms with van der Waals surface area (Å²) < 4.78 is 11.8. The first kappa shape index (κ1) is 20.0. The van der Waals surface area contributed by atoms with Crippen LogP contribution in [0, 0.1) is 6.92 Å². The van der Waals surface area contributed by atoms with Crippen LogP contribution >= 0.6 is 0 Å². The molecule has 0 saturated carbocycles. The van der Waals surface area contributed by atoms with Crippen molar-refractivity contribution in [1.82, 2.24) is 15.3 Å². The van der Waals surface area contributed by atoms with Crippen molar-refractivity contribution in [3.8, 4) is 0 Å². The summed E-state index contributed by atoms with van der Waals surface area (Å²) in [5, 5.41) is 11.8. The highest BCUT2D eigenvalue weighted by atomic mass is 32.2. The number of aromatic nitrogens is 2. The van der Waals surface area contributed by atoms with Crippen molar-refractivity contribution in [2.75, 3.05) is 18.1 Å². The molecule has 0 fully saturated rings. The number of carbonyl (C=O) groups is 1. The molecule has 1 heterocycles. The summed E-state index contributed by atoms with van der Waals surface area (Å²) in [6.45, 7) is 3.21. The summed E-state index contributed by atoms with van der Waals surface area (Å²) in [6, 6.07) is -0.616. The summed E-state index contributed by atoms with van der Waals surface area (Å²) in [6.07, 6.45) is 4.17. The third-order valence-electron chi connectivity index (χ3n) is 3.26. The fraction of sp³-hybridized carbons (Fsp3) is 0.533. The predicted molar refractivity (Wildman–Crippen MR) is 93.3 cm³/mol. The standard InChI is InChI=1S/C15H23N3O5S/c1-3-4-7-24(23)9-11(8-19)17-13(20)6-5-12-10(2)16-15(22)18-14(12)21/h5-6,11,19H,3-4,7-9H2,1-2H3,(H,17,20)(H2,16,18,21,22)/b6-5+/t11-,24-/m1/s1. The van der Waals surface area contributed by atoms with E-state index in [4.69, 9.17) is 0 Å². The first-order chi connectivity index (χ1) is 11.4. The summed E-state index contributed by atoms with van der Waals surface area (Å²) in [7, 11) is -1.11. The molecule has 1 amide bonds. The van der Waals surface area contributed by atoms with Gasteiger partial charge in [0.05, 0.1) is 18.2 Å². The quantitative estimate of drug-likeness (QED) is 0.439. The maximum atomic E-state index is 11.9. The van der Waals surface area contributed by atoms with Crippen LogP contribution in [0.3, 0.4) is 0 Å². The molecular formula is C15H23N3O5S. The van der Waals surface area contributed by atoms with Gasteiger partial charge < -0.3 is 15.4 Å². The Morgan fingerprint density at radius 3 is 2.67 bits per heavy atom. The van der Waals surface area contributed by atoms with E-state index < -0.39 is 34.0 Å². The van der Waals surface area contributed by atoms with Gasteiger partial charge in [-0.2, -0.15) is 0 Å². The number of rotatable bonds is 9. The van der Waals surface area contributed by atoms with Gasteiger partial charge >= 0.3 is 5.69 Å². The van der Waals surface area contributed by atoms with Gasteiger partial charge in [-0.15, -0.1) is 0 Å². The van der Waals surface area contributed by atoms with E-state index in [1.807, 2.05) is 6.92 Å². The Morgan fingerprint density at radius 1 is 1.38 bits per heavy atom. The molecule has 4 N–H and O–H groups in total. The van der Waals surface area contributed by atoms with E-state index in [1.165, 1.54) is 6.08 Å². The average Bonchev–Trinajstić information content (AvgIpc) is 2.51. The number of amides is 1. The molecule has 0 aliphatic heterocycles. The zero-order valence-corrected chi connectivity index (χ0v) is 14.6. The van der Waals surface area contributed by atoms with Crippen molar-refractivity contribution in [3.05, 3.63) is 38.2 Å². The van der Waals surface area contributed by atoms with Crippen LogP contribution in [-0.4, -0.2) is 49.3 Å². The minimum absolute atomic E-state index is 0.164. The number of hydrogen-bond acceptors (Lipinski definition) is 5. The fourth-order valence-corrected chi connectivity index (χ4v) is 3.39. The van der Waals surface area contributed by atoms with Crippen LogP contribution in [-0.2, 0) is 15.6 Å². The Balaban J connectivity index is 2.69. The third-order valence-corrected chi connectivity index (χ3v) is 4.78. The van der Waals surface area contributed by atoms with Crippen molar-refractivity contribution in [3.63, 3.8) is 0 Å². The highest BCUT2D eigenvalue weighted by Crippen LogP contribution is 1.99. The van der Waals surface area contributed by atoms with Gasteiger partial charge in [-0.25, -0.2) is 4.79 Å². The third kappa shape index (κ3) is 6.63. The van der Waals surface area contributed by atoms with Crippen molar-refractivity contribution in [2.24, 2.45) is 0 Å². The predicted octanol–water partition coefficient (Wildman–Crippen LogP) is -0.589. The largest absolute Gasteiger partial charge is 0.394 e. The van der Waals surface area contributed by atoms with Crippen LogP contribution in [0.4, 0.5) is 0 Å². The zero-order chi connectivity index (χ0) is 18.1. The summed E-state index contributed by atoms with van der Waals surface area (Å²) >= 11 is 0. The average molecular weight is 357 g/mol. The molecule has 0 aromatic carbocycles. The SMILES string of the molecule is CCCC[S@@](=O)C[C@@H](CO)NC(=O)/C=C/c1c(C)[nH]c(=O)[nH]c1=O. The molecule has 1 aromatic rings. The minimum Gasteiger partial charge on any atom is -0.394 e. The molecule has 0 aliphatic rings. The van der Waals surface area contributed by atoms with E-state index in [0.717, 1.165) is 18.9 Å². The second kappa shape index (κ2) is 9.99. The molecule has 0 saturated heterocycles. The number of unbranched alkanes of at least 4 members (excludes halogenated alkanes) is 1. The number of carbonyl (C=O) groups excluding carboxylic acids is 1. The van der Waals surface area contributed by atoms with Crippen molar-refractivity contribution in [1.29, 1.82) is 0 Å². The Kier molecular flexibility index (Phi) is 8.34. The van der Waals surface area contributed by atoms with E-state index >= 15 is 0 Å². The molecule has 0 aliphatic carbocycles. The Labute approximate surface area is 141 Å². The van der Waals surface area contributed by atoms with E-state index in [0.29, 0.717) is 11.4 Å². The number of aliphatic hydroxyl groups excluding tert-OH is 1. The van der Waals surface area contributed by atoms with Gasteiger partial charge in [0.25, 0.3) is 5.56 Å². The molecule has 0 bridgehead atoms. The topological polar surface area (TPSA) is 132 Å². The van der Waals surface area contributed by atoms with E-state index in [2.05, 4.69) is 15.3 Å². The second-order valence-corrected chi connectivity index (χ2v) is 6.95. The number of hydrogen-bond donors (Lipinski definition) is 4. The highest BCUT2D eigenvalue weighted by Gasteiger charge is 2.13. The summed E-state index contributed by atoms with van der Waals surface area (Å²) in [5.41, 5.74) is -0.710. The van der Waals surface area contributed by atoms with Crippen molar-refractivity contribution < 1.29 is 14.1 Å². The Hall–Kier alpha value is -2.00. The first-order valence-corrected chi connectivity index (χ1v) is 9.13. The minimum atomic E-state index is -1.11. The van der Waals surface area contributed by atoms with Crippen LogP contribution < -0.4 is 16.6 Å². The number of aromatic amines is 2.